The summed E-state index contributed by atoms with van der Waals surface area (Å²) in [6.45, 7) is 1.67. The summed E-state index contributed by atoms with van der Waals surface area (Å²) >= 11 is 0. The molecule has 1 aliphatic rings. The van der Waals surface area contributed by atoms with E-state index < -0.39 is 0 Å². The summed E-state index contributed by atoms with van der Waals surface area (Å²) < 4.78 is 5.97. The monoisotopic (exact) mass is 239 g/mol. The van der Waals surface area contributed by atoms with Gasteiger partial charge in [0.15, 0.2) is 0 Å². The van der Waals surface area contributed by atoms with Gasteiger partial charge in [-0.3, -0.25) is 0 Å². The summed E-state index contributed by atoms with van der Waals surface area (Å²) in [6, 6.07) is 21.2. The van der Waals surface area contributed by atoms with E-state index >= 15 is 0 Å². The molecule has 0 aromatic heterocycles. The number of morpholine rings is 1. The quantitative estimate of drug-likeness (QED) is 0.869. The summed E-state index contributed by atoms with van der Waals surface area (Å²) in [7, 11) is 0. The average molecular weight is 239 g/mol. The molecule has 0 amide bonds. The molecule has 0 radical (unpaired) electrons. The van der Waals surface area contributed by atoms with Crippen molar-refractivity contribution in [2.24, 2.45) is 0 Å². The van der Waals surface area contributed by atoms with Gasteiger partial charge in [0.05, 0.1) is 12.6 Å². The van der Waals surface area contributed by atoms with Crippen molar-refractivity contribution in [3.8, 4) is 0 Å². The molecule has 18 heavy (non-hydrogen) atoms. The molecule has 2 nitrogen and oxygen atoms in total. The van der Waals surface area contributed by atoms with Crippen molar-refractivity contribution in [2.45, 2.75) is 12.1 Å². The van der Waals surface area contributed by atoms with Crippen molar-refractivity contribution >= 4 is 0 Å². The average Bonchev–Trinajstić information content (AvgIpc) is 2.49. The molecule has 1 saturated heterocycles. The van der Waals surface area contributed by atoms with Crippen LogP contribution in [0.25, 0.3) is 0 Å². The van der Waals surface area contributed by atoms with E-state index in [4.69, 9.17) is 4.74 Å². The Morgan fingerprint density at radius 1 is 0.833 bits per heavy atom. The van der Waals surface area contributed by atoms with Crippen LogP contribution in [-0.4, -0.2) is 13.2 Å². The van der Waals surface area contributed by atoms with Gasteiger partial charge in [-0.05, 0) is 11.1 Å². The minimum absolute atomic E-state index is 0.0994. The van der Waals surface area contributed by atoms with E-state index in [0.29, 0.717) is 0 Å². The molecule has 92 valence electrons. The van der Waals surface area contributed by atoms with Crippen molar-refractivity contribution < 1.29 is 4.74 Å². The summed E-state index contributed by atoms with van der Waals surface area (Å²) in [6.07, 6.45) is 0.0994. The molecule has 2 heteroatoms. The van der Waals surface area contributed by atoms with E-state index in [-0.39, 0.29) is 12.1 Å². The smallest absolute Gasteiger partial charge is 0.102 e. The highest BCUT2D eigenvalue weighted by atomic mass is 16.5. The Kier molecular flexibility index (Phi) is 3.40. The topological polar surface area (TPSA) is 21.3 Å². The van der Waals surface area contributed by atoms with Gasteiger partial charge >= 0.3 is 0 Å². The fourth-order valence-electron chi connectivity index (χ4n) is 2.49. The van der Waals surface area contributed by atoms with Gasteiger partial charge in [0.25, 0.3) is 0 Å². The fourth-order valence-corrected chi connectivity index (χ4v) is 2.49. The van der Waals surface area contributed by atoms with Gasteiger partial charge in [-0.1, -0.05) is 60.7 Å². The van der Waals surface area contributed by atoms with E-state index in [9.17, 15) is 0 Å². The van der Waals surface area contributed by atoms with Crippen LogP contribution in [0.4, 0.5) is 0 Å². The molecule has 3 rings (SSSR count). The molecular formula is C16H17NO. The van der Waals surface area contributed by atoms with Gasteiger partial charge in [0.2, 0.25) is 0 Å². The zero-order valence-corrected chi connectivity index (χ0v) is 10.3. The molecule has 0 unspecified atom stereocenters. The van der Waals surface area contributed by atoms with Crippen molar-refractivity contribution in [1.29, 1.82) is 0 Å². The molecule has 1 aliphatic heterocycles. The second kappa shape index (κ2) is 5.34. The van der Waals surface area contributed by atoms with Crippen LogP contribution in [-0.2, 0) is 4.74 Å². The lowest BCUT2D eigenvalue weighted by Gasteiger charge is -2.33. The summed E-state index contributed by atoms with van der Waals surface area (Å²) in [4.78, 5) is 0. The molecule has 1 heterocycles. The maximum absolute atomic E-state index is 5.97. The first-order chi connectivity index (χ1) is 8.95. The van der Waals surface area contributed by atoms with Gasteiger partial charge in [-0.15, -0.1) is 0 Å². The Bertz CT molecular complexity index is 435. The zero-order chi connectivity index (χ0) is 12.2. The molecule has 1 N–H and O–H groups in total. The number of ether oxygens (including phenoxy) is 1. The van der Waals surface area contributed by atoms with Crippen LogP contribution in [0, 0.1) is 0 Å². The van der Waals surface area contributed by atoms with Crippen molar-refractivity contribution in [2.75, 3.05) is 13.2 Å². The van der Waals surface area contributed by atoms with E-state index in [2.05, 4.69) is 53.8 Å². The van der Waals surface area contributed by atoms with Gasteiger partial charge in [-0.25, -0.2) is 0 Å². The molecular weight excluding hydrogens is 222 g/mol. The lowest BCUT2D eigenvalue weighted by molar-refractivity contribution is -0.00632. The largest absolute Gasteiger partial charge is 0.370 e. The molecule has 0 spiro atoms. The highest BCUT2D eigenvalue weighted by Crippen LogP contribution is 2.33. The Balaban J connectivity index is 1.92. The zero-order valence-electron chi connectivity index (χ0n) is 10.3. The van der Waals surface area contributed by atoms with Gasteiger partial charge in [0, 0.05) is 6.54 Å². The third-order valence-corrected chi connectivity index (χ3v) is 3.35. The van der Waals surface area contributed by atoms with Gasteiger partial charge < -0.3 is 10.1 Å². The Hall–Kier alpha value is -1.64. The lowest BCUT2D eigenvalue weighted by Crippen LogP contribution is -2.37. The molecule has 0 saturated carbocycles. The van der Waals surface area contributed by atoms with Crippen LogP contribution in [0.2, 0.25) is 0 Å². The predicted octanol–water partition coefficient (Wildman–Crippen LogP) is 3.09. The predicted molar refractivity (Wildman–Crippen MR) is 72.3 cm³/mol. The number of hydrogen-bond donors (Lipinski definition) is 1. The number of benzene rings is 2. The van der Waals surface area contributed by atoms with Crippen LogP contribution >= 0.6 is 0 Å². The van der Waals surface area contributed by atoms with Crippen molar-refractivity contribution in [3.63, 3.8) is 0 Å². The van der Waals surface area contributed by atoms with Crippen molar-refractivity contribution in [3.05, 3.63) is 71.8 Å². The first-order valence-electron chi connectivity index (χ1n) is 6.40. The maximum atomic E-state index is 5.97. The number of nitrogens with one attached hydrogen (secondary N) is 1. The van der Waals surface area contributed by atoms with Crippen LogP contribution in [0.5, 0.6) is 0 Å². The van der Waals surface area contributed by atoms with Crippen molar-refractivity contribution in [1.82, 2.24) is 5.32 Å². The van der Waals surface area contributed by atoms with E-state index in [0.717, 1.165) is 13.2 Å². The Morgan fingerprint density at radius 3 is 2.11 bits per heavy atom. The molecule has 2 aromatic carbocycles. The second-order valence-electron chi connectivity index (χ2n) is 4.54. The Morgan fingerprint density at radius 2 is 1.44 bits per heavy atom. The van der Waals surface area contributed by atoms with Crippen LogP contribution in [0.15, 0.2) is 60.7 Å². The van der Waals surface area contributed by atoms with E-state index in [1.807, 2.05) is 12.1 Å². The third kappa shape index (κ3) is 2.30. The molecule has 0 aliphatic carbocycles. The summed E-state index contributed by atoms with van der Waals surface area (Å²) in [5, 5.41) is 3.56. The summed E-state index contributed by atoms with van der Waals surface area (Å²) in [5.74, 6) is 0. The minimum atomic E-state index is 0.0994. The summed E-state index contributed by atoms with van der Waals surface area (Å²) in [5.41, 5.74) is 2.52. The maximum Gasteiger partial charge on any atom is 0.102 e. The van der Waals surface area contributed by atoms with Crippen LogP contribution < -0.4 is 5.32 Å². The van der Waals surface area contributed by atoms with Gasteiger partial charge in [-0.2, -0.15) is 0 Å². The number of rotatable bonds is 2. The van der Waals surface area contributed by atoms with E-state index in [1.54, 1.807) is 0 Å². The normalized spacial score (nSPS) is 23.8. The molecule has 1 fully saturated rings. The van der Waals surface area contributed by atoms with E-state index in [1.165, 1.54) is 11.1 Å². The Labute approximate surface area is 108 Å². The first kappa shape index (κ1) is 11.5. The first-order valence-corrected chi connectivity index (χ1v) is 6.40. The third-order valence-electron chi connectivity index (χ3n) is 3.35. The number of hydrogen-bond acceptors (Lipinski definition) is 2. The van der Waals surface area contributed by atoms with Gasteiger partial charge in [0.1, 0.15) is 6.10 Å². The minimum Gasteiger partial charge on any atom is -0.370 e. The molecule has 0 bridgehead atoms. The fraction of sp³-hybridized carbons (Fsp3) is 0.250. The molecule has 2 atom stereocenters. The lowest BCUT2D eigenvalue weighted by atomic mass is 9.94. The second-order valence-corrected chi connectivity index (χ2v) is 4.54. The highest BCUT2D eigenvalue weighted by Gasteiger charge is 2.27. The molecule has 2 aromatic rings. The SMILES string of the molecule is c1ccc([C@H]2NCCO[C@H]2c2ccccc2)cc1. The standard InChI is InChI=1S/C16H17NO/c1-3-7-13(8-4-1)15-16(18-12-11-17-15)14-9-5-2-6-10-14/h1-10,15-17H,11-12H2/t15-,16+/m1/s1. The van der Waals surface area contributed by atoms with Crippen LogP contribution in [0.1, 0.15) is 23.3 Å². The highest BCUT2D eigenvalue weighted by molar-refractivity contribution is 5.26. The van der Waals surface area contributed by atoms with Crippen LogP contribution in [0.3, 0.4) is 0 Å².